The zero-order chi connectivity index (χ0) is 8.69. The first-order valence-electron chi connectivity index (χ1n) is 3.19. The molecule has 1 N–H and O–H groups in total. The third kappa shape index (κ3) is 6.63. The molecule has 5 nitrogen and oxygen atoms in total. The summed E-state index contributed by atoms with van der Waals surface area (Å²) in [6, 6.07) is 0. The highest BCUT2D eigenvalue weighted by atomic mass is 16.6. The van der Waals surface area contributed by atoms with Crippen LogP contribution in [0.15, 0.2) is 0 Å². The molecule has 1 aliphatic heterocycles. The number of carbonyl (C=O) groups excluding carboxylic acids is 2. The van der Waals surface area contributed by atoms with Gasteiger partial charge < -0.3 is 15.0 Å². The molecular formula is C6H12N2O3. The van der Waals surface area contributed by atoms with E-state index in [9.17, 15) is 9.59 Å². The van der Waals surface area contributed by atoms with Crippen LogP contribution in [0, 0.1) is 0 Å². The van der Waals surface area contributed by atoms with Gasteiger partial charge in [0, 0.05) is 14.1 Å². The first-order chi connectivity index (χ1) is 5.16. The molecule has 0 spiro atoms. The number of hydrogen-bond donors (Lipinski definition) is 1. The van der Waals surface area contributed by atoms with Crippen LogP contribution in [0.25, 0.3) is 0 Å². The van der Waals surface area contributed by atoms with Crippen molar-refractivity contribution >= 4 is 12.5 Å². The second-order valence-electron chi connectivity index (χ2n) is 2.13. The third-order valence-corrected chi connectivity index (χ3v) is 0.815. The summed E-state index contributed by atoms with van der Waals surface area (Å²) in [4.78, 5) is 20.8. The number of alkyl carbamates (subject to hydrolysis) is 1. The van der Waals surface area contributed by atoms with Crippen LogP contribution in [0.3, 0.4) is 0 Å². The van der Waals surface area contributed by atoms with Gasteiger partial charge in [0.25, 0.3) is 0 Å². The maximum atomic E-state index is 9.91. The van der Waals surface area contributed by atoms with E-state index >= 15 is 0 Å². The Morgan fingerprint density at radius 2 is 2.18 bits per heavy atom. The van der Waals surface area contributed by atoms with Crippen molar-refractivity contribution in [2.75, 3.05) is 27.2 Å². The number of nitrogens with one attached hydrogen (secondary N) is 1. The van der Waals surface area contributed by atoms with Crippen LogP contribution in [0.1, 0.15) is 0 Å². The van der Waals surface area contributed by atoms with E-state index in [4.69, 9.17) is 0 Å². The molecule has 0 aliphatic carbocycles. The van der Waals surface area contributed by atoms with Crippen LogP contribution in [-0.4, -0.2) is 44.7 Å². The quantitative estimate of drug-likeness (QED) is 0.522. The molecule has 0 aromatic rings. The summed E-state index contributed by atoms with van der Waals surface area (Å²) >= 11 is 0. The first kappa shape index (κ1) is 9.74. The highest BCUT2D eigenvalue weighted by Gasteiger charge is 2.06. The van der Waals surface area contributed by atoms with Crippen molar-refractivity contribution in [1.82, 2.24) is 10.2 Å². The van der Waals surface area contributed by atoms with Crippen LogP contribution in [-0.2, 0) is 9.53 Å². The monoisotopic (exact) mass is 160 g/mol. The summed E-state index contributed by atoms with van der Waals surface area (Å²) in [6.45, 7) is 1.19. The zero-order valence-electron chi connectivity index (χ0n) is 6.66. The minimum Gasteiger partial charge on any atom is -0.448 e. The van der Waals surface area contributed by atoms with E-state index in [1.165, 1.54) is 4.90 Å². The van der Waals surface area contributed by atoms with E-state index in [2.05, 4.69) is 10.1 Å². The molecule has 1 rings (SSSR count). The molecule has 1 heterocycles. The zero-order valence-corrected chi connectivity index (χ0v) is 6.66. The fourth-order valence-electron chi connectivity index (χ4n) is 0.348. The Bertz CT molecular complexity index is 128. The fraction of sp³-hybridized carbons (Fsp3) is 0.667. The Hall–Kier alpha value is -1.26. The maximum Gasteiger partial charge on any atom is 0.407 e. The van der Waals surface area contributed by atoms with Crippen molar-refractivity contribution in [3.63, 3.8) is 0 Å². The van der Waals surface area contributed by atoms with E-state index in [1.54, 1.807) is 14.1 Å². The lowest BCUT2D eigenvalue weighted by Crippen LogP contribution is -2.11. The summed E-state index contributed by atoms with van der Waals surface area (Å²) in [6.07, 6.45) is 0.454. The van der Waals surface area contributed by atoms with E-state index in [-0.39, 0.29) is 6.09 Å². The smallest absolute Gasteiger partial charge is 0.407 e. The summed E-state index contributed by atoms with van der Waals surface area (Å²) in [5, 5.41) is 2.46. The third-order valence-electron chi connectivity index (χ3n) is 0.815. The molecule has 0 radical (unpaired) electrons. The molecule has 5 heteroatoms. The van der Waals surface area contributed by atoms with Crippen molar-refractivity contribution in [2.45, 2.75) is 0 Å². The number of ether oxygens (including phenoxy) is 1. The van der Waals surface area contributed by atoms with Gasteiger partial charge in [0.2, 0.25) is 6.41 Å². The molecular weight excluding hydrogens is 148 g/mol. The minimum atomic E-state index is -0.296. The van der Waals surface area contributed by atoms with Gasteiger partial charge in [0.05, 0.1) is 6.54 Å². The van der Waals surface area contributed by atoms with Crippen LogP contribution >= 0.6 is 0 Å². The molecule has 2 amide bonds. The number of nitrogens with zero attached hydrogens (tertiary/aromatic N) is 1. The number of hydrogen-bond acceptors (Lipinski definition) is 3. The lowest BCUT2D eigenvalue weighted by atomic mass is 10.7. The van der Waals surface area contributed by atoms with Gasteiger partial charge in [-0.1, -0.05) is 0 Å². The number of cyclic esters (lactones) is 1. The first-order valence-corrected chi connectivity index (χ1v) is 3.19. The van der Waals surface area contributed by atoms with Crippen molar-refractivity contribution in [2.24, 2.45) is 0 Å². The van der Waals surface area contributed by atoms with Gasteiger partial charge in [0.15, 0.2) is 0 Å². The Labute approximate surface area is 65.3 Å². The molecule has 64 valence electrons. The molecule has 0 bridgehead atoms. The molecule has 1 saturated heterocycles. The summed E-state index contributed by atoms with van der Waals surface area (Å²) in [5.41, 5.74) is 0. The second kappa shape index (κ2) is 5.52. The fourth-order valence-corrected chi connectivity index (χ4v) is 0.348. The standard InChI is InChI=1S/C3H5NO2.C3H7NO/c5-3-4-1-2-6-3;1-4(2)3-5/h1-2H2,(H,4,5);3H,1-2H3. The van der Waals surface area contributed by atoms with Gasteiger partial charge in [0.1, 0.15) is 6.61 Å². The maximum absolute atomic E-state index is 9.91. The normalized spacial score (nSPS) is 13.8. The molecule has 0 saturated carbocycles. The van der Waals surface area contributed by atoms with Gasteiger partial charge >= 0.3 is 6.09 Å². The molecule has 11 heavy (non-hydrogen) atoms. The highest BCUT2D eigenvalue weighted by Crippen LogP contribution is 1.82. The molecule has 1 fully saturated rings. The van der Waals surface area contributed by atoms with Gasteiger partial charge in [-0.25, -0.2) is 4.79 Å². The predicted octanol–water partition coefficient (Wildman–Crippen LogP) is -0.569. The van der Waals surface area contributed by atoms with Gasteiger partial charge in [-0.2, -0.15) is 0 Å². The number of rotatable bonds is 1. The topological polar surface area (TPSA) is 58.6 Å². The van der Waals surface area contributed by atoms with Gasteiger partial charge in [-0.05, 0) is 0 Å². The van der Waals surface area contributed by atoms with E-state index in [0.717, 1.165) is 6.41 Å². The van der Waals surface area contributed by atoms with Crippen LogP contribution < -0.4 is 5.32 Å². The molecule has 0 atom stereocenters. The van der Waals surface area contributed by atoms with Crippen LogP contribution in [0.5, 0.6) is 0 Å². The minimum absolute atomic E-state index is 0.296. The Balaban J connectivity index is 0.000000187. The van der Waals surface area contributed by atoms with E-state index in [0.29, 0.717) is 13.2 Å². The Morgan fingerprint density at radius 3 is 2.27 bits per heavy atom. The lowest BCUT2D eigenvalue weighted by Gasteiger charge is -1.93. The molecule has 1 aliphatic rings. The van der Waals surface area contributed by atoms with Crippen molar-refractivity contribution in [3.05, 3.63) is 0 Å². The summed E-state index contributed by atoms with van der Waals surface area (Å²) < 4.78 is 4.40. The largest absolute Gasteiger partial charge is 0.448 e. The van der Waals surface area contributed by atoms with Crippen molar-refractivity contribution in [3.8, 4) is 0 Å². The summed E-state index contributed by atoms with van der Waals surface area (Å²) in [5.74, 6) is 0. The Morgan fingerprint density at radius 1 is 1.64 bits per heavy atom. The number of amides is 2. The highest BCUT2D eigenvalue weighted by molar-refractivity contribution is 5.68. The van der Waals surface area contributed by atoms with E-state index < -0.39 is 0 Å². The lowest BCUT2D eigenvalue weighted by molar-refractivity contribution is -0.115. The SMILES string of the molecule is CN(C)C=O.O=C1NCCO1. The second-order valence-corrected chi connectivity index (χ2v) is 2.13. The van der Waals surface area contributed by atoms with Gasteiger partial charge in [-0.15, -0.1) is 0 Å². The predicted molar refractivity (Wildman–Crippen MR) is 39.1 cm³/mol. The molecule has 0 unspecified atom stereocenters. The molecule has 0 aromatic heterocycles. The average molecular weight is 160 g/mol. The van der Waals surface area contributed by atoms with Crippen LogP contribution in [0.2, 0.25) is 0 Å². The average Bonchev–Trinajstić information content (AvgIpc) is 2.41. The van der Waals surface area contributed by atoms with Crippen molar-refractivity contribution in [1.29, 1.82) is 0 Å². The van der Waals surface area contributed by atoms with E-state index in [1.807, 2.05) is 0 Å². The van der Waals surface area contributed by atoms with Crippen molar-refractivity contribution < 1.29 is 14.3 Å². The molecule has 0 aromatic carbocycles. The van der Waals surface area contributed by atoms with Crippen LogP contribution in [0.4, 0.5) is 4.79 Å². The van der Waals surface area contributed by atoms with Gasteiger partial charge in [-0.3, -0.25) is 4.79 Å². The summed E-state index contributed by atoms with van der Waals surface area (Å²) in [7, 11) is 3.38. The Kier molecular flexibility index (Phi) is 4.89. The number of carbonyl (C=O) groups is 2.